The molecule has 0 saturated carbocycles. The molecule has 0 fully saturated rings. The van der Waals surface area contributed by atoms with E-state index >= 15 is 0 Å². The van der Waals surface area contributed by atoms with E-state index in [9.17, 15) is 4.79 Å². The highest BCUT2D eigenvalue weighted by atomic mass is 16.5. The fraction of sp³-hybridized carbons (Fsp3) is 0.231. The SMILES string of the molecule is COC(=O)C=C(C#N)c1ccccc1N(C)C. The Labute approximate surface area is 101 Å². The van der Waals surface area contributed by atoms with Gasteiger partial charge in [-0.1, -0.05) is 18.2 Å². The molecular weight excluding hydrogens is 216 g/mol. The van der Waals surface area contributed by atoms with E-state index in [1.807, 2.05) is 43.3 Å². The van der Waals surface area contributed by atoms with Gasteiger partial charge in [0.05, 0.1) is 12.7 Å². The molecule has 0 atom stereocenters. The summed E-state index contributed by atoms with van der Waals surface area (Å²) >= 11 is 0. The summed E-state index contributed by atoms with van der Waals surface area (Å²) in [5, 5.41) is 9.09. The topological polar surface area (TPSA) is 53.3 Å². The molecule has 0 unspecified atom stereocenters. The van der Waals surface area contributed by atoms with Crippen molar-refractivity contribution in [2.45, 2.75) is 0 Å². The van der Waals surface area contributed by atoms with E-state index in [0.717, 1.165) is 5.69 Å². The molecule has 0 heterocycles. The maximum atomic E-state index is 11.2. The molecule has 17 heavy (non-hydrogen) atoms. The summed E-state index contributed by atoms with van der Waals surface area (Å²) in [6, 6.07) is 9.40. The first-order chi connectivity index (χ1) is 8.10. The predicted molar refractivity (Wildman–Crippen MR) is 66.4 cm³/mol. The minimum atomic E-state index is -0.532. The van der Waals surface area contributed by atoms with Crippen LogP contribution in [0.4, 0.5) is 5.69 Å². The lowest BCUT2D eigenvalue weighted by Crippen LogP contribution is -2.11. The molecule has 0 amide bonds. The molecule has 1 aromatic rings. The van der Waals surface area contributed by atoms with Crippen molar-refractivity contribution in [1.29, 1.82) is 5.26 Å². The van der Waals surface area contributed by atoms with Crippen molar-refractivity contribution in [2.75, 3.05) is 26.1 Å². The van der Waals surface area contributed by atoms with Gasteiger partial charge in [-0.25, -0.2) is 4.79 Å². The summed E-state index contributed by atoms with van der Waals surface area (Å²) in [5.74, 6) is -0.532. The number of carbonyl (C=O) groups is 1. The molecule has 4 nitrogen and oxygen atoms in total. The van der Waals surface area contributed by atoms with Gasteiger partial charge < -0.3 is 9.64 Å². The highest BCUT2D eigenvalue weighted by Gasteiger charge is 2.10. The minimum absolute atomic E-state index is 0.293. The third kappa shape index (κ3) is 3.08. The van der Waals surface area contributed by atoms with E-state index in [-0.39, 0.29) is 0 Å². The summed E-state index contributed by atoms with van der Waals surface area (Å²) < 4.78 is 4.52. The van der Waals surface area contributed by atoms with Gasteiger partial charge in [0.2, 0.25) is 0 Å². The van der Waals surface area contributed by atoms with Crippen molar-refractivity contribution in [2.24, 2.45) is 0 Å². The summed E-state index contributed by atoms with van der Waals surface area (Å²) in [5.41, 5.74) is 1.88. The maximum Gasteiger partial charge on any atom is 0.331 e. The van der Waals surface area contributed by atoms with Gasteiger partial charge in [0.1, 0.15) is 6.07 Å². The second-order valence-electron chi connectivity index (χ2n) is 3.60. The standard InChI is InChI=1S/C13H14N2O2/c1-15(2)12-7-5-4-6-11(12)10(9-14)8-13(16)17-3/h4-8H,1-3H3. The molecule has 1 rings (SSSR count). The van der Waals surface area contributed by atoms with Crippen molar-refractivity contribution < 1.29 is 9.53 Å². The Morgan fingerprint density at radius 2 is 2.06 bits per heavy atom. The van der Waals surface area contributed by atoms with Crippen LogP contribution in [0.25, 0.3) is 5.57 Å². The van der Waals surface area contributed by atoms with Gasteiger partial charge >= 0.3 is 5.97 Å². The molecular formula is C13H14N2O2. The van der Waals surface area contributed by atoms with Gasteiger partial charge in [0.15, 0.2) is 0 Å². The number of para-hydroxylation sites is 1. The van der Waals surface area contributed by atoms with Crippen molar-refractivity contribution in [1.82, 2.24) is 0 Å². The van der Waals surface area contributed by atoms with Crippen molar-refractivity contribution >= 4 is 17.2 Å². The summed E-state index contributed by atoms with van der Waals surface area (Å²) in [4.78, 5) is 13.1. The summed E-state index contributed by atoms with van der Waals surface area (Å²) in [7, 11) is 5.05. The van der Waals surface area contributed by atoms with Crippen LogP contribution >= 0.6 is 0 Å². The largest absolute Gasteiger partial charge is 0.466 e. The minimum Gasteiger partial charge on any atom is -0.466 e. The van der Waals surface area contributed by atoms with Gasteiger partial charge in [-0.05, 0) is 6.07 Å². The van der Waals surface area contributed by atoms with Gasteiger partial charge in [-0.2, -0.15) is 5.26 Å². The lowest BCUT2D eigenvalue weighted by atomic mass is 10.0. The Kier molecular flexibility index (Phi) is 4.29. The van der Waals surface area contributed by atoms with Gasteiger partial charge in [0.25, 0.3) is 0 Å². The zero-order chi connectivity index (χ0) is 12.8. The molecule has 0 saturated heterocycles. The molecule has 0 N–H and O–H groups in total. The Bertz CT molecular complexity index is 484. The smallest absolute Gasteiger partial charge is 0.331 e. The average Bonchev–Trinajstić information content (AvgIpc) is 2.35. The van der Waals surface area contributed by atoms with Crippen LogP contribution in [0.2, 0.25) is 0 Å². The molecule has 0 radical (unpaired) electrons. The third-order valence-electron chi connectivity index (χ3n) is 2.26. The number of rotatable bonds is 3. The number of nitriles is 1. The number of nitrogens with zero attached hydrogens (tertiary/aromatic N) is 2. The number of hydrogen-bond donors (Lipinski definition) is 0. The summed E-state index contributed by atoms with van der Waals surface area (Å²) in [6.07, 6.45) is 1.20. The van der Waals surface area contributed by atoms with Crippen molar-refractivity contribution in [3.8, 4) is 6.07 Å². The zero-order valence-electron chi connectivity index (χ0n) is 10.1. The number of allylic oxidation sites excluding steroid dienone is 1. The Morgan fingerprint density at radius 1 is 1.41 bits per heavy atom. The number of hydrogen-bond acceptors (Lipinski definition) is 4. The molecule has 0 aromatic heterocycles. The molecule has 1 aromatic carbocycles. The monoisotopic (exact) mass is 230 g/mol. The Balaban J connectivity index is 3.27. The molecule has 0 spiro atoms. The summed E-state index contributed by atoms with van der Waals surface area (Å²) in [6.45, 7) is 0. The van der Waals surface area contributed by atoms with Crippen LogP contribution in [0, 0.1) is 11.3 Å². The fourth-order valence-corrected chi connectivity index (χ4v) is 1.44. The zero-order valence-corrected chi connectivity index (χ0v) is 10.1. The van der Waals surface area contributed by atoms with Crippen LogP contribution in [0.1, 0.15) is 5.56 Å². The van der Waals surface area contributed by atoms with Crippen LogP contribution in [-0.2, 0) is 9.53 Å². The highest BCUT2D eigenvalue weighted by Crippen LogP contribution is 2.25. The number of carbonyl (C=O) groups excluding carboxylic acids is 1. The average molecular weight is 230 g/mol. The highest BCUT2D eigenvalue weighted by molar-refractivity contribution is 5.97. The first-order valence-electron chi connectivity index (χ1n) is 5.06. The van der Waals surface area contributed by atoms with Gasteiger partial charge in [-0.3, -0.25) is 0 Å². The Morgan fingerprint density at radius 3 is 2.59 bits per heavy atom. The first-order valence-corrected chi connectivity index (χ1v) is 5.06. The molecule has 4 heteroatoms. The van der Waals surface area contributed by atoms with Gasteiger partial charge in [0, 0.05) is 31.4 Å². The van der Waals surface area contributed by atoms with Crippen LogP contribution in [0.15, 0.2) is 30.3 Å². The van der Waals surface area contributed by atoms with E-state index in [0.29, 0.717) is 11.1 Å². The molecule has 0 bridgehead atoms. The second-order valence-corrected chi connectivity index (χ2v) is 3.60. The molecule has 0 aliphatic rings. The van der Waals surface area contributed by atoms with Crippen LogP contribution in [0.3, 0.4) is 0 Å². The van der Waals surface area contributed by atoms with Crippen molar-refractivity contribution in [3.63, 3.8) is 0 Å². The van der Waals surface area contributed by atoms with Gasteiger partial charge in [-0.15, -0.1) is 0 Å². The normalized spacial score (nSPS) is 10.6. The van der Waals surface area contributed by atoms with Crippen LogP contribution < -0.4 is 4.90 Å². The van der Waals surface area contributed by atoms with E-state index < -0.39 is 5.97 Å². The predicted octanol–water partition coefficient (Wildman–Crippen LogP) is 1.83. The molecule has 0 aliphatic heterocycles. The van der Waals surface area contributed by atoms with Crippen LogP contribution in [-0.4, -0.2) is 27.2 Å². The lowest BCUT2D eigenvalue weighted by Gasteiger charge is -2.16. The lowest BCUT2D eigenvalue weighted by molar-refractivity contribution is -0.134. The number of ether oxygens (including phenoxy) is 1. The van der Waals surface area contributed by atoms with E-state index in [2.05, 4.69) is 4.74 Å². The molecule has 0 aliphatic carbocycles. The maximum absolute atomic E-state index is 11.2. The number of benzene rings is 1. The first kappa shape index (κ1) is 12.8. The molecule has 88 valence electrons. The number of anilines is 1. The van der Waals surface area contributed by atoms with E-state index in [1.165, 1.54) is 13.2 Å². The Hall–Kier alpha value is -2.28. The quantitative estimate of drug-likeness (QED) is 0.451. The number of methoxy groups -OCH3 is 1. The van der Waals surface area contributed by atoms with E-state index in [1.54, 1.807) is 6.07 Å². The fourth-order valence-electron chi connectivity index (χ4n) is 1.44. The second kappa shape index (κ2) is 5.71. The third-order valence-corrected chi connectivity index (χ3v) is 2.26. The van der Waals surface area contributed by atoms with Crippen LogP contribution in [0.5, 0.6) is 0 Å². The van der Waals surface area contributed by atoms with Crippen molar-refractivity contribution in [3.05, 3.63) is 35.9 Å². The van der Waals surface area contributed by atoms with E-state index in [4.69, 9.17) is 5.26 Å². The number of esters is 1.